The Morgan fingerprint density at radius 1 is 0.860 bits per heavy atom. The van der Waals surface area contributed by atoms with Crippen LogP contribution in [0.3, 0.4) is 0 Å². The fraction of sp³-hybridized carbons (Fsp3) is 0.333. The lowest BCUT2D eigenvalue weighted by Gasteiger charge is -2.35. The van der Waals surface area contributed by atoms with Gasteiger partial charge in [-0.1, -0.05) is 61.7 Å². The average molecular weight is 598 g/mol. The summed E-state index contributed by atoms with van der Waals surface area (Å²) in [6, 6.07) is 23.1. The molecule has 0 atom stereocenters. The largest absolute Gasteiger partial charge is 0.369 e. The summed E-state index contributed by atoms with van der Waals surface area (Å²) in [6.45, 7) is 1.75. The summed E-state index contributed by atoms with van der Waals surface area (Å²) in [6.07, 6.45) is 5.70. The Kier molecular flexibility index (Phi) is 7.18. The Hall–Kier alpha value is -4.15. The van der Waals surface area contributed by atoms with Crippen LogP contribution in [0.15, 0.2) is 72.8 Å². The molecule has 0 radical (unpaired) electrons. The molecule has 1 saturated carbocycles. The van der Waals surface area contributed by atoms with Gasteiger partial charge in [-0.15, -0.1) is 0 Å². The van der Waals surface area contributed by atoms with E-state index in [1.54, 1.807) is 12.1 Å². The molecule has 3 aromatic carbocycles. The predicted molar refractivity (Wildman–Crippen MR) is 168 cm³/mol. The van der Waals surface area contributed by atoms with Gasteiger partial charge >= 0.3 is 10.2 Å². The number of aromatic nitrogens is 1. The van der Waals surface area contributed by atoms with E-state index in [2.05, 4.69) is 14.9 Å². The number of nitrogens with one attached hydrogen (secondary N) is 2. The molecule has 0 unspecified atom stereocenters. The minimum absolute atomic E-state index is 0.113. The van der Waals surface area contributed by atoms with Crippen LogP contribution in [0.25, 0.3) is 22.2 Å². The molecular weight excluding hydrogens is 562 g/mol. The summed E-state index contributed by atoms with van der Waals surface area (Å²) in [5.41, 5.74) is 6.03. The van der Waals surface area contributed by atoms with Crippen molar-refractivity contribution in [1.29, 1.82) is 0 Å². The van der Waals surface area contributed by atoms with Crippen LogP contribution >= 0.6 is 0 Å². The summed E-state index contributed by atoms with van der Waals surface area (Å²) >= 11 is 0. The number of carbonyl (C=O) groups is 2. The molecule has 222 valence electrons. The molecule has 2 aliphatic heterocycles. The highest BCUT2D eigenvalue weighted by Gasteiger charge is 2.32. The van der Waals surface area contributed by atoms with Crippen molar-refractivity contribution in [2.24, 2.45) is 0 Å². The van der Waals surface area contributed by atoms with Crippen LogP contribution in [0.1, 0.15) is 53.9 Å². The smallest absolute Gasteiger partial charge is 0.304 e. The summed E-state index contributed by atoms with van der Waals surface area (Å²) in [5.74, 6) is -0.464. The first-order valence-electron chi connectivity index (χ1n) is 15.1. The predicted octanol–water partition coefficient (Wildman–Crippen LogP) is 5.10. The van der Waals surface area contributed by atoms with E-state index < -0.39 is 16.1 Å². The van der Waals surface area contributed by atoms with E-state index in [0.717, 1.165) is 59.2 Å². The lowest BCUT2D eigenvalue weighted by Crippen LogP contribution is -2.53. The molecule has 7 rings (SSSR count). The second-order valence-electron chi connectivity index (χ2n) is 11.7. The summed E-state index contributed by atoms with van der Waals surface area (Å²) < 4.78 is 32.2. The van der Waals surface area contributed by atoms with E-state index >= 15 is 0 Å². The quantitative estimate of drug-likeness (QED) is 0.333. The van der Waals surface area contributed by atoms with Gasteiger partial charge in [0.2, 0.25) is 5.91 Å². The van der Waals surface area contributed by atoms with E-state index in [1.165, 1.54) is 16.3 Å². The molecule has 0 spiro atoms. The monoisotopic (exact) mass is 597 g/mol. The Morgan fingerprint density at radius 3 is 2.35 bits per heavy atom. The molecule has 2 amide bonds. The van der Waals surface area contributed by atoms with Crippen LogP contribution < -0.4 is 14.9 Å². The minimum Gasteiger partial charge on any atom is -0.369 e. The van der Waals surface area contributed by atoms with Crippen LogP contribution in [-0.4, -0.2) is 55.3 Å². The lowest BCUT2D eigenvalue weighted by atomic mass is 9.81. The molecule has 1 aromatic heterocycles. The van der Waals surface area contributed by atoms with Crippen LogP contribution in [0.5, 0.6) is 0 Å². The maximum absolute atomic E-state index is 13.4. The number of rotatable bonds is 5. The fourth-order valence-corrected chi connectivity index (χ4v) is 8.10. The highest BCUT2D eigenvalue weighted by Crippen LogP contribution is 2.46. The normalized spacial score (nSPS) is 18.0. The van der Waals surface area contributed by atoms with Gasteiger partial charge in [0, 0.05) is 48.4 Å². The maximum atomic E-state index is 13.4. The molecule has 0 bridgehead atoms. The molecule has 1 saturated heterocycles. The number of nitrogens with zero attached hydrogens (tertiary/aromatic N) is 3. The van der Waals surface area contributed by atoms with Gasteiger partial charge in [-0.25, -0.2) is 4.72 Å². The van der Waals surface area contributed by atoms with Gasteiger partial charge in [0.05, 0.1) is 16.9 Å². The number of hydrogen-bond acceptors (Lipinski definition) is 5. The van der Waals surface area contributed by atoms with E-state index in [-0.39, 0.29) is 31.1 Å². The SMILES string of the molecule is O=C1Cn2c(c(C3CCCCC3)c3ccc(C(=O)NS(=O)(=O)N4CCN(c5ccccc5)CC4)cc32)-c2ccccc2N1. The number of anilines is 2. The molecular formula is C33H35N5O4S. The third-order valence-corrected chi connectivity index (χ3v) is 10.5. The third kappa shape index (κ3) is 5.19. The summed E-state index contributed by atoms with van der Waals surface area (Å²) in [7, 11) is -4.04. The van der Waals surface area contributed by atoms with Crippen molar-refractivity contribution in [3.63, 3.8) is 0 Å². The standard InChI is InChI=1S/C33H35N5O4S/c39-30-22-38-29-21-24(33(40)35-43(41,42)37-19-17-36(18-20-37)25-11-5-2-6-12-25)15-16-27(29)31(23-9-3-1-4-10-23)32(38)26-13-7-8-14-28(26)34-30/h2,5-8,11-16,21,23H,1,3-4,9-10,17-20,22H2,(H,34,39)(H,35,40). The Labute approximate surface area is 251 Å². The number of piperazine rings is 1. The van der Waals surface area contributed by atoms with Gasteiger partial charge in [0.15, 0.2) is 0 Å². The molecule has 9 nitrogen and oxygen atoms in total. The zero-order valence-electron chi connectivity index (χ0n) is 24.0. The van der Waals surface area contributed by atoms with Gasteiger partial charge < -0.3 is 14.8 Å². The van der Waals surface area contributed by atoms with Gasteiger partial charge in [-0.3, -0.25) is 9.59 Å². The fourth-order valence-electron chi connectivity index (χ4n) is 6.97. The number of carbonyl (C=O) groups excluding carboxylic acids is 2. The Balaban J connectivity index is 1.20. The minimum atomic E-state index is -4.04. The van der Waals surface area contributed by atoms with E-state index in [9.17, 15) is 18.0 Å². The van der Waals surface area contributed by atoms with Crippen LogP contribution in [0.2, 0.25) is 0 Å². The van der Waals surface area contributed by atoms with Crippen LogP contribution in [0, 0.1) is 0 Å². The molecule has 43 heavy (non-hydrogen) atoms. The first-order valence-corrected chi connectivity index (χ1v) is 16.5. The molecule has 3 aliphatic rings. The number of hydrogen-bond donors (Lipinski definition) is 2. The van der Waals surface area contributed by atoms with Crippen LogP contribution in [-0.2, 0) is 21.5 Å². The van der Waals surface area contributed by atoms with Gasteiger partial charge in [-0.05, 0) is 54.7 Å². The molecule has 2 N–H and O–H groups in total. The second-order valence-corrected chi connectivity index (χ2v) is 13.3. The zero-order chi connectivity index (χ0) is 29.6. The van der Waals surface area contributed by atoms with Gasteiger partial charge in [0.25, 0.3) is 5.91 Å². The first-order chi connectivity index (χ1) is 20.9. The van der Waals surface area contributed by atoms with Crippen molar-refractivity contribution in [3.8, 4) is 11.3 Å². The Bertz CT molecular complexity index is 1800. The molecule has 4 aromatic rings. The van der Waals surface area contributed by atoms with E-state index in [1.807, 2.05) is 65.2 Å². The van der Waals surface area contributed by atoms with Crippen molar-refractivity contribution in [3.05, 3.63) is 83.9 Å². The average Bonchev–Trinajstić information content (AvgIpc) is 3.26. The van der Waals surface area contributed by atoms with Crippen molar-refractivity contribution in [1.82, 2.24) is 13.6 Å². The highest BCUT2D eigenvalue weighted by molar-refractivity contribution is 7.87. The number of para-hydroxylation sites is 2. The van der Waals surface area contributed by atoms with Crippen molar-refractivity contribution in [2.45, 2.75) is 44.6 Å². The van der Waals surface area contributed by atoms with Crippen molar-refractivity contribution in [2.75, 3.05) is 36.4 Å². The molecule has 2 fully saturated rings. The number of fused-ring (bicyclic) bond motifs is 5. The Morgan fingerprint density at radius 2 is 1.58 bits per heavy atom. The lowest BCUT2D eigenvalue weighted by molar-refractivity contribution is -0.116. The number of amides is 2. The zero-order valence-corrected chi connectivity index (χ0v) is 24.8. The molecule has 10 heteroatoms. The molecule has 3 heterocycles. The maximum Gasteiger partial charge on any atom is 0.304 e. The van der Waals surface area contributed by atoms with Gasteiger partial charge in [-0.2, -0.15) is 12.7 Å². The summed E-state index contributed by atoms with van der Waals surface area (Å²) in [5, 5.41) is 4.06. The van der Waals surface area contributed by atoms with Gasteiger partial charge in [0.1, 0.15) is 6.54 Å². The number of benzene rings is 3. The molecule has 1 aliphatic carbocycles. The van der Waals surface area contributed by atoms with Crippen molar-refractivity contribution >= 4 is 44.3 Å². The second kappa shape index (κ2) is 11.2. The highest BCUT2D eigenvalue weighted by atomic mass is 32.2. The van der Waals surface area contributed by atoms with E-state index in [4.69, 9.17) is 0 Å². The first kappa shape index (κ1) is 27.7. The van der Waals surface area contributed by atoms with Crippen LogP contribution in [0.4, 0.5) is 11.4 Å². The third-order valence-electron chi connectivity index (χ3n) is 9.06. The summed E-state index contributed by atoms with van der Waals surface area (Å²) in [4.78, 5) is 28.6. The van der Waals surface area contributed by atoms with E-state index in [0.29, 0.717) is 19.0 Å². The van der Waals surface area contributed by atoms with Crippen molar-refractivity contribution < 1.29 is 18.0 Å². The topological polar surface area (TPSA) is 104 Å².